The van der Waals surface area contributed by atoms with E-state index < -0.39 is 0 Å². The molecule has 0 aliphatic heterocycles. The lowest BCUT2D eigenvalue weighted by atomic mass is 10.5. The molecule has 4 N–H and O–H groups in total. The van der Waals surface area contributed by atoms with Gasteiger partial charge in [0, 0.05) is 6.07 Å². The summed E-state index contributed by atoms with van der Waals surface area (Å²) < 4.78 is 4.62. The Balaban J connectivity index is 3.04. The number of hydrogen-bond donors (Lipinski definition) is 2. The van der Waals surface area contributed by atoms with Gasteiger partial charge in [-0.25, -0.2) is 0 Å². The minimum atomic E-state index is 0.359. The van der Waals surface area contributed by atoms with Crippen LogP contribution in [0.4, 0.5) is 11.6 Å². The van der Waals surface area contributed by atoms with E-state index in [1.54, 1.807) is 6.07 Å². The van der Waals surface area contributed by atoms with Crippen LogP contribution in [0.25, 0.3) is 0 Å². The van der Waals surface area contributed by atoms with Crippen molar-refractivity contribution in [1.29, 1.82) is 0 Å². The molecular weight excluding hydrogens is 92.1 g/mol. The third kappa shape index (κ3) is 0.652. The Morgan fingerprint density at radius 3 is 2.29 bits per heavy atom. The molecule has 0 spiro atoms. The number of nitrogen functional groups attached to an aromatic ring is 2. The summed E-state index contributed by atoms with van der Waals surface area (Å²) in [5, 5.41) is 0. The first-order valence-electron chi connectivity index (χ1n) is 1.88. The van der Waals surface area contributed by atoms with Gasteiger partial charge in [0.05, 0.1) is 5.69 Å². The zero-order chi connectivity index (χ0) is 5.28. The highest BCUT2D eigenvalue weighted by Crippen LogP contribution is 2.08. The van der Waals surface area contributed by atoms with Crippen LogP contribution in [-0.2, 0) is 0 Å². The minimum absolute atomic E-state index is 0.359. The van der Waals surface area contributed by atoms with Gasteiger partial charge in [0.15, 0.2) is 5.88 Å². The maximum absolute atomic E-state index is 5.20. The molecule has 0 aliphatic rings. The molecule has 0 saturated carbocycles. The average Bonchev–Trinajstić information content (AvgIpc) is 1.87. The number of hydrogen-bond acceptors (Lipinski definition) is 3. The Hall–Kier alpha value is -1.12. The summed E-state index contributed by atoms with van der Waals surface area (Å²) in [7, 11) is 0. The Labute approximate surface area is 40.9 Å². The molecule has 0 amide bonds. The summed E-state index contributed by atoms with van der Waals surface area (Å²) in [4.78, 5) is 0. The van der Waals surface area contributed by atoms with Gasteiger partial charge >= 0.3 is 0 Å². The predicted molar refractivity (Wildman–Crippen MR) is 27.5 cm³/mol. The second-order valence-corrected chi connectivity index (χ2v) is 1.28. The van der Waals surface area contributed by atoms with Gasteiger partial charge in [-0.15, -0.1) is 0 Å². The molecule has 1 aromatic heterocycles. The summed E-state index contributed by atoms with van der Waals surface area (Å²) in [5.41, 5.74) is 10.9. The molecule has 3 heteroatoms. The van der Waals surface area contributed by atoms with E-state index >= 15 is 0 Å². The van der Waals surface area contributed by atoms with Crippen molar-refractivity contribution < 1.29 is 4.42 Å². The molecule has 3 nitrogen and oxygen atoms in total. The smallest absolute Gasteiger partial charge is 0.192 e. The quantitative estimate of drug-likeness (QED) is 0.495. The van der Waals surface area contributed by atoms with Gasteiger partial charge in [0.25, 0.3) is 0 Å². The van der Waals surface area contributed by atoms with Crippen LogP contribution in [0.5, 0.6) is 0 Å². The first-order valence-corrected chi connectivity index (χ1v) is 1.88. The lowest BCUT2D eigenvalue weighted by Crippen LogP contribution is -1.78. The van der Waals surface area contributed by atoms with Crippen molar-refractivity contribution in [1.82, 2.24) is 0 Å². The summed E-state index contributed by atoms with van der Waals surface area (Å²) >= 11 is 0. The van der Waals surface area contributed by atoms with Crippen LogP contribution in [-0.4, -0.2) is 0 Å². The van der Waals surface area contributed by atoms with Gasteiger partial charge < -0.3 is 15.9 Å². The van der Waals surface area contributed by atoms with Crippen LogP contribution in [0.1, 0.15) is 0 Å². The van der Waals surface area contributed by atoms with E-state index in [-0.39, 0.29) is 0 Å². The van der Waals surface area contributed by atoms with E-state index in [2.05, 4.69) is 4.42 Å². The molecule has 38 valence electrons. The highest BCUT2D eigenvalue weighted by molar-refractivity contribution is 5.43. The highest BCUT2D eigenvalue weighted by Gasteiger charge is 1.87. The standard InChI is InChI=1S/C4H6N2O/c5-3-1-4(6)7-2-3/h1-2H,5-6H2. The largest absolute Gasteiger partial charge is 0.447 e. The van der Waals surface area contributed by atoms with Crippen molar-refractivity contribution in [2.75, 3.05) is 11.5 Å². The molecule has 7 heavy (non-hydrogen) atoms. The van der Waals surface area contributed by atoms with Crippen LogP contribution in [0.2, 0.25) is 0 Å². The Kier molecular flexibility index (Phi) is 0.685. The fourth-order valence-electron chi connectivity index (χ4n) is 0.368. The number of rotatable bonds is 0. The van der Waals surface area contributed by atoms with Gasteiger partial charge in [0.2, 0.25) is 0 Å². The van der Waals surface area contributed by atoms with Gasteiger partial charge in [-0.3, -0.25) is 0 Å². The zero-order valence-electron chi connectivity index (χ0n) is 3.72. The Morgan fingerprint density at radius 1 is 1.43 bits per heavy atom. The van der Waals surface area contributed by atoms with Crippen molar-refractivity contribution in [2.24, 2.45) is 0 Å². The van der Waals surface area contributed by atoms with Crippen LogP contribution in [0.15, 0.2) is 16.7 Å². The van der Waals surface area contributed by atoms with Crippen molar-refractivity contribution in [3.05, 3.63) is 12.3 Å². The predicted octanol–water partition coefficient (Wildman–Crippen LogP) is 0.444. The lowest BCUT2D eigenvalue weighted by molar-refractivity contribution is 0.589. The fourth-order valence-corrected chi connectivity index (χ4v) is 0.368. The van der Waals surface area contributed by atoms with Gasteiger partial charge in [-0.05, 0) is 0 Å². The molecule has 0 aromatic carbocycles. The molecule has 0 fully saturated rings. The van der Waals surface area contributed by atoms with E-state index in [4.69, 9.17) is 11.5 Å². The second-order valence-electron chi connectivity index (χ2n) is 1.28. The summed E-state index contributed by atoms with van der Waals surface area (Å²) in [5.74, 6) is 0.359. The number of furan rings is 1. The van der Waals surface area contributed by atoms with Crippen molar-refractivity contribution in [3.63, 3.8) is 0 Å². The van der Waals surface area contributed by atoms with Crippen LogP contribution in [0.3, 0.4) is 0 Å². The van der Waals surface area contributed by atoms with E-state index in [0.29, 0.717) is 11.6 Å². The molecule has 0 atom stereocenters. The van der Waals surface area contributed by atoms with Crippen LogP contribution >= 0.6 is 0 Å². The van der Waals surface area contributed by atoms with E-state index in [9.17, 15) is 0 Å². The summed E-state index contributed by atoms with van der Waals surface area (Å²) in [6.45, 7) is 0. The minimum Gasteiger partial charge on any atom is -0.447 e. The first kappa shape index (κ1) is 4.05. The Morgan fingerprint density at radius 2 is 2.14 bits per heavy atom. The van der Waals surface area contributed by atoms with Crippen LogP contribution in [0, 0.1) is 0 Å². The van der Waals surface area contributed by atoms with Crippen molar-refractivity contribution in [3.8, 4) is 0 Å². The average molecular weight is 98.1 g/mol. The number of nitrogens with two attached hydrogens (primary N) is 2. The SMILES string of the molecule is Nc1coc(N)c1. The molecule has 0 bridgehead atoms. The third-order valence-corrected chi connectivity index (χ3v) is 0.640. The van der Waals surface area contributed by atoms with E-state index in [0.717, 1.165) is 0 Å². The summed E-state index contributed by atoms with van der Waals surface area (Å²) in [6.07, 6.45) is 1.40. The topological polar surface area (TPSA) is 65.2 Å². The molecule has 1 heterocycles. The maximum Gasteiger partial charge on any atom is 0.192 e. The second kappa shape index (κ2) is 1.18. The molecule has 0 saturated heterocycles. The molecular formula is C4H6N2O. The van der Waals surface area contributed by atoms with E-state index in [1.165, 1.54) is 6.26 Å². The van der Waals surface area contributed by atoms with Gasteiger partial charge in [-0.1, -0.05) is 0 Å². The third-order valence-electron chi connectivity index (χ3n) is 0.640. The molecule has 0 aliphatic carbocycles. The van der Waals surface area contributed by atoms with Crippen LogP contribution < -0.4 is 11.5 Å². The molecule has 1 aromatic rings. The zero-order valence-corrected chi connectivity index (χ0v) is 3.72. The van der Waals surface area contributed by atoms with Crippen molar-refractivity contribution >= 4 is 11.6 Å². The molecule has 1 rings (SSSR count). The molecule has 0 radical (unpaired) electrons. The van der Waals surface area contributed by atoms with Gasteiger partial charge in [-0.2, -0.15) is 0 Å². The highest BCUT2D eigenvalue weighted by atomic mass is 16.3. The lowest BCUT2D eigenvalue weighted by Gasteiger charge is -1.71. The first-order chi connectivity index (χ1) is 3.29. The fraction of sp³-hybridized carbons (Fsp3) is 0. The monoisotopic (exact) mass is 98.0 g/mol. The Bertz CT molecular complexity index is 142. The van der Waals surface area contributed by atoms with E-state index in [1.807, 2.05) is 0 Å². The van der Waals surface area contributed by atoms with Gasteiger partial charge in [0.1, 0.15) is 6.26 Å². The maximum atomic E-state index is 5.20. The normalized spacial score (nSPS) is 9.14. The van der Waals surface area contributed by atoms with Crippen molar-refractivity contribution in [2.45, 2.75) is 0 Å². The molecule has 0 unspecified atom stereocenters. The summed E-state index contributed by atoms with van der Waals surface area (Å²) in [6, 6.07) is 1.56. The number of anilines is 2.